The van der Waals surface area contributed by atoms with Crippen molar-refractivity contribution in [1.29, 1.82) is 0 Å². The van der Waals surface area contributed by atoms with Crippen LogP contribution in [0, 0.1) is 20.8 Å². The molecule has 0 atom stereocenters. The predicted octanol–water partition coefficient (Wildman–Crippen LogP) is 3.05. The van der Waals surface area contributed by atoms with E-state index in [0.717, 1.165) is 17.5 Å². The molecule has 132 valence electrons. The summed E-state index contributed by atoms with van der Waals surface area (Å²) < 4.78 is 5.28. The summed E-state index contributed by atoms with van der Waals surface area (Å²) in [6.45, 7) is 5.79. The van der Waals surface area contributed by atoms with Crippen LogP contribution in [-0.4, -0.2) is 30.1 Å². The zero-order valence-corrected chi connectivity index (χ0v) is 14.8. The quantitative estimate of drug-likeness (QED) is 0.812. The van der Waals surface area contributed by atoms with Crippen molar-refractivity contribution in [2.45, 2.75) is 27.2 Å². The fourth-order valence-electron chi connectivity index (χ4n) is 2.62. The maximum atomic E-state index is 12.3. The molecule has 2 N–H and O–H groups in total. The van der Waals surface area contributed by atoms with E-state index in [1.54, 1.807) is 26.0 Å². The number of nitrogens with one attached hydrogen (secondary N) is 1. The Bertz CT molecular complexity index is 743. The normalized spacial score (nSPS) is 10.4. The Balaban J connectivity index is 1.97. The zero-order chi connectivity index (χ0) is 18.4. The Morgan fingerprint density at radius 3 is 2.20 bits per heavy atom. The first-order valence-electron chi connectivity index (χ1n) is 8.16. The lowest BCUT2D eigenvalue weighted by Gasteiger charge is -2.13. The first kappa shape index (κ1) is 18.5. The number of hydrogen-bond donors (Lipinski definition) is 2. The molecule has 0 aliphatic heterocycles. The second kappa shape index (κ2) is 8.33. The van der Waals surface area contributed by atoms with Gasteiger partial charge in [0.15, 0.2) is 6.61 Å². The number of aryl methyl sites for hydroxylation is 3. The molecule has 2 aromatic rings. The third-order valence-corrected chi connectivity index (χ3v) is 3.88. The van der Waals surface area contributed by atoms with E-state index in [0.29, 0.717) is 17.9 Å². The molecule has 2 rings (SSSR count). The van der Waals surface area contributed by atoms with Gasteiger partial charge in [-0.05, 0) is 56.0 Å². The number of aliphatic carboxylic acids is 1. The van der Waals surface area contributed by atoms with Crippen molar-refractivity contribution in [3.63, 3.8) is 0 Å². The highest BCUT2D eigenvalue weighted by Crippen LogP contribution is 2.24. The smallest absolute Gasteiger partial charge is 0.341 e. The Hall–Kier alpha value is -2.82. The summed E-state index contributed by atoms with van der Waals surface area (Å²) in [6.07, 6.45) is 0.768. The number of amides is 1. The summed E-state index contributed by atoms with van der Waals surface area (Å²) in [5.41, 5.74) is 4.41. The van der Waals surface area contributed by atoms with Crippen LogP contribution in [0.4, 0.5) is 0 Å². The second-order valence-corrected chi connectivity index (χ2v) is 6.11. The molecule has 0 fully saturated rings. The van der Waals surface area contributed by atoms with Gasteiger partial charge in [-0.15, -0.1) is 0 Å². The number of rotatable bonds is 7. The molecule has 25 heavy (non-hydrogen) atoms. The lowest BCUT2D eigenvalue weighted by atomic mass is 10.0. The van der Waals surface area contributed by atoms with Crippen LogP contribution in [0.25, 0.3) is 0 Å². The fraction of sp³-hybridized carbons (Fsp3) is 0.300. The van der Waals surface area contributed by atoms with Crippen LogP contribution in [0.2, 0.25) is 0 Å². The van der Waals surface area contributed by atoms with Crippen LogP contribution in [0.1, 0.15) is 32.6 Å². The standard InChI is InChI=1S/C20H23NO4/c1-13-4-6-16(7-5-13)8-9-21-20(24)17-10-14(2)19(15(3)11-17)25-12-18(22)23/h4-7,10-11H,8-9,12H2,1-3H3,(H,21,24)(H,22,23). The van der Waals surface area contributed by atoms with Crippen molar-refractivity contribution in [1.82, 2.24) is 5.32 Å². The highest BCUT2D eigenvalue weighted by atomic mass is 16.5. The minimum Gasteiger partial charge on any atom is -0.481 e. The minimum atomic E-state index is -1.03. The molecule has 5 heteroatoms. The third-order valence-electron chi connectivity index (χ3n) is 3.88. The van der Waals surface area contributed by atoms with Gasteiger partial charge in [-0.3, -0.25) is 4.79 Å². The number of carboxylic acids is 1. The van der Waals surface area contributed by atoms with Crippen LogP contribution >= 0.6 is 0 Å². The number of carbonyl (C=O) groups excluding carboxylic acids is 1. The first-order valence-corrected chi connectivity index (χ1v) is 8.16. The van der Waals surface area contributed by atoms with E-state index in [-0.39, 0.29) is 5.91 Å². The van der Waals surface area contributed by atoms with Crippen molar-refractivity contribution in [2.24, 2.45) is 0 Å². The average Bonchev–Trinajstić information content (AvgIpc) is 2.55. The number of carbonyl (C=O) groups is 2. The molecule has 2 aromatic carbocycles. The van der Waals surface area contributed by atoms with Crippen molar-refractivity contribution in [3.8, 4) is 5.75 Å². The van der Waals surface area contributed by atoms with Crippen molar-refractivity contribution in [3.05, 3.63) is 64.2 Å². The molecule has 0 saturated carbocycles. The molecule has 0 heterocycles. The maximum Gasteiger partial charge on any atom is 0.341 e. The molecule has 0 unspecified atom stereocenters. The molecule has 5 nitrogen and oxygen atoms in total. The van der Waals surface area contributed by atoms with Gasteiger partial charge < -0.3 is 15.2 Å². The van der Waals surface area contributed by atoms with Crippen molar-refractivity contribution >= 4 is 11.9 Å². The van der Waals surface area contributed by atoms with E-state index >= 15 is 0 Å². The molecule has 0 bridgehead atoms. The predicted molar refractivity (Wildman–Crippen MR) is 96.3 cm³/mol. The number of carboxylic acid groups (broad SMARTS) is 1. The van der Waals surface area contributed by atoms with E-state index in [2.05, 4.69) is 29.6 Å². The molecular formula is C20H23NO4. The van der Waals surface area contributed by atoms with E-state index in [9.17, 15) is 9.59 Å². The second-order valence-electron chi connectivity index (χ2n) is 6.11. The molecule has 0 aromatic heterocycles. The molecule has 0 spiro atoms. The van der Waals surface area contributed by atoms with Gasteiger partial charge in [-0.25, -0.2) is 4.79 Å². The van der Waals surface area contributed by atoms with Gasteiger partial charge in [-0.1, -0.05) is 29.8 Å². The minimum absolute atomic E-state index is 0.150. The van der Waals surface area contributed by atoms with Crippen LogP contribution in [-0.2, 0) is 11.2 Å². The van der Waals surface area contributed by atoms with Crippen LogP contribution in [0.5, 0.6) is 5.75 Å². The van der Waals surface area contributed by atoms with E-state index in [4.69, 9.17) is 9.84 Å². The van der Waals surface area contributed by atoms with Crippen molar-refractivity contribution in [2.75, 3.05) is 13.2 Å². The largest absolute Gasteiger partial charge is 0.481 e. The van der Waals surface area contributed by atoms with Crippen LogP contribution in [0.3, 0.4) is 0 Å². The Morgan fingerprint density at radius 1 is 1.04 bits per heavy atom. The average molecular weight is 341 g/mol. The summed E-state index contributed by atoms with van der Waals surface area (Å²) in [5, 5.41) is 11.6. The van der Waals surface area contributed by atoms with Gasteiger partial charge >= 0.3 is 5.97 Å². The zero-order valence-electron chi connectivity index (χ0n) is 14.8. The molecular weight excluding hydrogens is 318 g/mol. The van der Waals surface area contributed by atoms with Gasteiger partial charge in [-0.2, -0.15) is 0 Å². The summed E-state index contributed by atoms with van der Waals surface area (Å²) in [7, 11) is 0. The van der Waals surface area contributed by atoms with Gasteiger partial charge in [0.1, 0.15) is 5.75 Å². The summed E-state index contributed by atoms with van der Waals surface area (Å²) in [4.78, 5) is 23.0. The summed E-state index contributed by atoms with van der Waals surface area (Å²) >= 11 is 0. The van der Waals surface area contributed by atoms with Crippen LogP contribution in [0.15, 0.2) is 36.4 Å². The Labute approximate surface area is 147 Å². The summed E-state index contributed by atoms with van der Waals surface area (Å²) in [6, 6.07) is 11.7. The van der Waals surface area contributed by atoms with E-state index < -0.39 is 12.6 Å². The maximum absolute atomic E-state index is 12.3. The van der Waals surface area contributed by atoms with E-state index in [1.807, 2.05) is 6.92 Å². The summed E-state index contributed by atoms with van der Waals surface area (Å²) in [5.74, 6) is -0.668. The van der Waals surface area contributed by atoms with E-state index in [1.165, 1.54) is 11.1 Å². The fourth-order valence-corrected chi connectivity index (χ4v) is 2.62. The van der Waals surface area contributed by atoms with Crippen molar-refractivity contribution < 1.29 is 19.4 Å². The monoisotopic (exact) mass is 341 g/mol. The highest BCUT2D eigenvalue weighted by molar-refractivity contribution is 5.94. The van der Waals surface area contributed by atoms with Crippen LogP contribution < -0.4 is 10.1 Å². The molecule has 0 radical (unpaired) electrons. The molecule has 0 aliphatic rings. The van der Waals surface area contributed by atoms with Gasteiger partial charge in [0, 0.05) is 12.1 Å². The van der Waals surface area contributed by atoms with Gasteiger partial charge in [0.05, 0.1) is 0 Å². The number of hydrogen-bond acceptors (Lipinski definition) is 3. The number of benzene rings is 2. The number of ether oxygens (including phenoxy) is 1. The highest BCUT2D eigenvalue weighted by Gasteiger charge is 2.12. The topological polar surface area (TPSA) is 75.6 Å². The SMILES string of the molecule is Cc1ccc(CCNC(=O)c2cc(C)c(OCC(=O)O)c(C)c2)cc1. The van der Waals surface area contributed by atoms with Gasteiger partial charge in [0.25, 0.3) is 5.91 Å². The van der Waals surface area contributed by atoms with Gasteiger partial charge in [0.2, 0.25) is 0 Å². The first-order chi connectivity index (χ1) is 11.9. The Kier molecular flexibility index (Phi) is 6.17. The molecule has 0 aliphatic carbocycles. The molecule has 1 amide bonds. The Morgan fingerprint density at radius 2 is 1.64 bits per heavy atom. The lowest BCUT2D eigenvalue weighted by molar-refractivity contribution is -0.139. The molecule has 0 saturated heterocycles. The lowest BCUT2D eigenvalue weighted by Crippen LogP contribution is -2.26. The third kappa shape index (κ3) is 5.35.